The summed E-state index contributed by atoms with van der Waals surface area (Å²) in [5.74, 6) is 0. The largest absolute Gasteiger partial charge is 0.266 e. The van der Waals surface area contributed by atoms with Crippen LogP contribution in [0.2, 0.25) is 0 Å². The van der Waals surface area contributed by atoms with Gasteiger partial charge in [-0.2, -0.15) is 0 Å². The summed E-state index contributed by atoms with van der Waals surface area (Å²) in [6.07, 6.45) is 2.22. The van der Waals surface area contributed by atoms with Crippen molar-refractivity contribution in [3.8, 4) is 0 Å². The van der Waals surface area contributed by atoms with E-state index in [-0.39, 0.29) is 0 Å². The fourth-order valence-electron chi connectivity index (χ4n) is 0.349. The summed E-state index contributed by atoms with van der Waals surface area (Å²) in [6, 6.07) is 0. The molecule has 0 aromatic heterocycles. The van der Waals surface area contributed by atoms with Crippen LogP contribution in [0.3, 0.4) is 0 Å². The minimum atomic E-state index is 0.435. The zero-order valence-electron chi connectivity index (χ0n) is 5.23. The van der Waals surface area contributed by atoms with Crippen LogP contribution in [0.1, 0.15) is 19.8 Å². The molecular formula is C5H9Cl2NS. The third-order valence-electron chi connectivity index (χ3n) is 0.811. The summed E-state index contributed by atoms with van der Waals surface area (Å²) in [7, 11) is 6.25. The zero-order valence-corrected chi connectivity index (χ0v) is 7.56. The second kappa shape index (κ2) is 6.72. The number of hydrogen-bond donors (Lipinski definition) is 0. The molecule has 0 heterocycles. The Kier molecular flexibility index (Phi) is 7.16. The highest BCUT2D eigenvalue weighted by atomic mass is 35.7. The van der Waals surface area contributed by atoms with Crippen molar-refractivity contribution in [3.63, 3.8) is 0 Å². The smallest absolute Gasteiger partial charge is 0.173 e. The van der Waals surface area contributed by atoms with Crippen LogP contribution in [0.25, 0.3) is 0 Å². The molecule has 1 nitrogen and oxygen atoms in total. The Labute approximate surface area is 69.3 Å². The Bertz CT molecular complexity index is 95.0. The summed E-state index contributed by atoms with van der Waals surface area (Å²) in [5, 5.41) is 0. The highest BCUT2D eigenvalue weighted by molar-refractivity contribution is 8.34. The second-order valence-corrected chi connectivity index (χ2v) is 3.15. The van der Waals surface area contributed by atoms with Gasteiger partial charge in [0.05, 0.1) is 0 Å². The SMILES string of the molecule is CCCCN=C(Cl)SCl. The van der Waals surface area contributed by atoms with Gasteiger partial charge >= 0.3 is 0 Å². The van der Waals surface area contributed by atoms with Crippen LogP contribution in [0.15, 0.2) is 4.99 Å². The maximum absolute atomic E-state index is 5.48. The lowest BCUT2D eigenvalue weighted by Gasteiger charge is -1.89. The van der Waals surface area contributed by atoms with E-state index in [0.717, 1.165) is 30.4 Å². The van der Waals surface area contributed by atoms with Gasteiger partial charge < -0.3 is 0 Å². The molecule has 0 bridgehead atoms. The van der Waals surface area contributed by atoms with E-state index in [2.05, 4.69) is 11.9 Å². The van der Waals surface area contributed by atoms with Gasteiger partial charge in [0.15, 0.2) is 4.50 Å². The second-order valence-electron chi connectivity index (χ2n) is 1.57. The summed E-state index contributed by atoms with van der Waals surface area (Å²) < 4.78 is 0.435. The first-order valence-corrected chi connectivity index (χ1v) is 4.81. The van der Waals surface area contributed by atoms with E-state index < -0.39 is 0 Å². The number of aliphatic imine (C=N–C) groups is 1. The van der Waals surface area contributed by atoms with Crippen LogP contribution in [0, 0.1) is 0 Å². The summed E-state index contributed by atoms with van der Waals surface area (Å²) in [6.45, 7) is 2.90. The number of unbranched alkanes of at least 4 members (excludes halogenated alkanes) is 1. The Morgan fingerprint density at radius 2 is 2.33 bits per heavy atom. The average Bonchev–Trinajstić information content (AvgIpc) is 1.89. The van der Waals surface area contributed by atoms with Gasteiger partial charge in [-0.15, -0.1) is 0 Å². The molecule has 0 rings (SSSR count). The van der Waals surface area contributed by atoms with Gasteiger partial charge in [-0.3, -0.25) is 4.99 Å². The molecule has 0 radical (unpaired) electrons. The normalized spacial score (nSPS) is 12.1. The summed E-state index contributed by atoms with van der Waals surface area (Å²) in [4.78, 5) is 3.95. The fourth-order valence-corrected chi connectivity index (χ4v) is 0.720. The minimum Gasteiger partial charge on any atom is -0.266 e. The van der Waals surface area contributed by atoms with Gasteiger partial charge in [-0.1, -0.05) is 24.9 Å². The van der Waals surface area contributed by atoms with E-state index in [4.69, 9.17) is 22.3 Å². The number of halogens is 2. The maximum atomic E-state index is 5.48. The quantitative estimate of drug-likeness (QED) is 0.374. The molecule has 0 aromatic rings. The number of rotatable bonds is 3. The summed E-state index contributed by atoms with van der Waals surface area (Å²) in [5.41, 5.74) is 0. The molecule has 9 heavy (non-hydrogen) atoms. The highest BCUT2D eigenvalue weighted by Gasteiger charge is 1.88. The molecule has 0 aromatic carbocycles. The van der Waals surface area contributed by atoms with E-state index in [1.807, 2.05) is 0 Å². The van der Waals surface area contributed by atoms with Crippen molar-refractivity contribution < 1.29 is 0 Å². The Morgan fingerprint density at radius 3 is 2.78 bits per heavy atom. The van der Waals surface area contributed by atoms with Crippen LogP contribution < -0.4 is 0 Å². The minimum absolute atomic E-state index is 0.435. The lowest BCUT2D eigenvalue weighted by molar-refractivity contribution is 0.810. The molecular weight excluding hydrogens is 177 g/mol. The lowest BCUT2D eigenvalue weighted by Crippen LogP contribution is -1.81. The predicted octanol–water partition coefficient (Wildman–Crippen LogP) is 3.27. The van der Waals surface area contributed by atoms with Gasteiger partial charge in [-0.05, 0) is 17.1 Å². The maximum Gasteiger partial charge on any atom is 0.173 e. The standard InChI is InChI=1S/C5H9Cl2NS/c1-2-3-4-8-5(6)9-7/h2-4H2,1H3. The van der Waals surface area contributed by atoms with Crippen LogP contribution in [0.5, 0.6) is 0 Å². The Morgan fingerprint density at radius 1 is 1.67 bits per heavy atom. The lowest BCUT2D eigenvalue weighted by atomic mass is 10.3. The van der Waals surface area contributed by atoms with Crippen LogP contribution in [-0.2, 0) is 0 Å². The van der Waals surface area contributed by atoms with E-state index in [1.165, 1.54) is 0 Å². The molecule has 54 valence electrons. The van der Waals surface area contributed by atoms with Crippen molar-refractivity contribution in [2.45, 2.75) is 19.8 Å². The third kappa shape index (κ3) is 6.49. The van der Waals surface area contributed by atoms with Gasteiger partial charge in [0.25, 0.3) is 0 Å². The molecule has 0 aliphatic carbocycles. The van der Waals surface area contributed by atoms with Crippen LogP contribution >= 0.6 is 33.3 Å². The van der Waals surface area contributed by atoms with Crippen molar-refractivity contribution in [3.05, 3.63) is 0 Å². The Balaban J connectivity index is 3.21. The number of nitrogens with zero attached hydrogens (tertiary/aromatic N) is 1. The van der Waals surface area contributed by atoms with Crippen molar-refractivity contribution in [2.24, 2.45) is 4.99 Å². The molecule has 0 amide bonds. The van der Waals surface area contributed by atoms with Crippen molar-refractivity contribution in [1.29, 1.82) is 0 Å². The monoisotopic (exact) mass is 185 g/mol. The van der Waals surface area contributed by atoms with E-state index in [1.54, 1.807) is 0 Å². The van der Waals surface area contributed by atoms with Gasteiger partial charge in [0.1, 0.15) is 0 Å². The van der Waals surface area contributed by atoms with Crippen molar-refractivity contribution in [2.75, 3.05) is 6.54 Å². The third-order valence-corrected chi connectivity index (χ3v) is 2.09. The average molecular weight is 186 g/mol. The topological polar surface area (TPSA) is 12.4 Å². The molecule has 4 heteroatoms. The fraction of sp³-hybridized carbons (Fsp3) is 0.800. The predicted molar refractivity (Wildman–Crippen MR) is 46.5 cm³/mol. The first-order valence-electron chi connectivity index (χ1n) is 2.79. The number of hydrogen-bond acceptors (Lipinski definition) is 2. The summed E-state index contributed by atoms with van der Waals surface area (Å²) >= 11 is 5.48. The van der Waals surface area contributed by atoms with Gasteiger partial charge in [0.2, 0.25) is 0 Å². The van der Waals surface area contributed by atoms with Gasteiger partial charge in [-0.25, -0.2) is 0 Å². The molecule has 0 spiro atoms. The molecule has 0 N–H and O–H groups in total. The highest BCUT2D eigenvalue weighted by Crippen LogP contribution is 2.12. The van der Waals surface area contributed by atoms with Gasteiger partial charge in [0, 0.05) is 17.5 Å². The van der Waals surface area contributed by atoms with E-state index in [0.29, 0.717) is 4.50 Å². The first-order chi connectivity index (χ1) is 4.31. The molecule has 0 fully saturated rings. The Hall–Kier alpha value is 0.600. The van der Waals surface area contributed by atoms with E-state index in [9.17, 15) is 0 Å². The molecule has 0 atom stereocenters. The first kappa shape index (κ1) is 9.60. The van der Waals surface area contributed by atoms with Crippen LogP contribution in [-0.4, -0.2) is 11.0 Å². The molecule has 0 aliphatic rings. The van der Waals surface area contributed by atoms with Crippen LogP contribution in [0.4, 0.5) is 0 Å². The molecule has 0 unspecified atom stereocenters. The molecule has 0 saturated heterocycles. The van der Waals surface area contributed by atoms with Crippen molar-refractivity contribution >= 4 is 37.8 Å². The molecule has 0 aliphatic heterocycles. The zero-order chi connectivity index (χ0) is 7.11. The van der Waals surface area contributed by atoms with Crippen molar-refractivity contribution in [1.82, 2.24) is 0 Å². The van der Waals surface area contributed by atoms with E-state index >= 15 is 0 Å². The molecule has 0 saturated carbocycles.